The zero-order chi connectivity index (χ0) is 12.0. The van der Waals surface area contributed by atoms with Gasteiger partial charge in [0.1, 0.15) is 0 Å². The second-order valence-corrected chi connectivity index (χ2v) is 5.11. The molecule has 0 aromatic heterocycles. The Morgan fingerprint density at radius 3 is 2.59 bits per heavy atom. The monoisotopic (exact) mass is 240 g/mol. The number of carboxylic acids is 1. The SMILES string of the molecule is O=C(O)C1CN(C(=O)NC2CC3CCC2O3)C1. The molecule has 0 aromatic rings. The minimum atomic E-state index is -0.822. The lowest BCUT2D eigenvalue weighted by Gasteiger charge is -2.37. The predicted octanol–water partition coefficient (Wildman–Crippen LogP) is 0.0323. The molecule has 0 aromatic carbocycles. The Morgan fingerprint density at radius 2 is 2.06 bits per heavy atom. The number of fused-ring (bicyclic) bond motifs is 2. The molecule has 3 aliphatic heterocycles. The molecule has 3 atom stereocenters. The molecule has 94 valence electrons. The maximum Gasteiger partial charge on any atom is 0.317 e. The number of urea groups is 1. The molecule has 2 N–H and O–H groups in total. The highest BCUT2D eigenvalue weighted by Crippen LogP contribution is 2.34. The van der Waals surface area contributed by atoms with Crippen molar-refractivity contribution in [2.45, 2.75) is 37.5 Å². The first-order valence-corrected chi connectivity index (χ1v) is 6.07. The number of amides is 2. The zero-order valence-corrected chi connectivity index (χ0v) is 9.46. The number of aliphatic carboxylic acids is 1. The summed E-state index contributed by atoms with van der Waals surface area (Å²) in [5.74, 6) is -1.21. The van der Waals surface area contributed by atoms with Crippen LogP contribution in [0.4, 0.5) is 4.79 Å². The van der Waals surface area contributed by atoms with Gasteiger partial charge in [-0.2, -0.15) is 0 Å². The number of carboxylic acid groups (broad SMARTS) is 1. The van der Waals surface area contributed by atoms with Gasteiger partial charge in [-0.15, -0.1) is 0 Å². The molecule has 17 heavy (non-hydrogen) atoms. The quantitative estimate of drug-likeness (QED) is 0.714. The molecule has 0 saturated carbocycles. The maximum absolute atomic E-state index is 11.8. The third kappa shape index (κ3) is 1.86. The van der Waals surface area contributed by atoms with Crippen molar-refractivity contribution in [2.24, 2.45) is 5.92 Å². The van der Waals surface area contributed by atoms with Crippen molar-refractivity contribution in [1.82, 2.24) is 10.2 Å². The number of carbonyl (C=O) groups is 2. The van der Waals surface area contributed by atoms with Crippen molar-refractivity contribution in [1.29, 1.82) is 0 Å². The van der Waals surface area contributed by atoms with Gasteiger partial charge in [0, 0.05) is 13.1 Å². The number of ether oxygens (including phenoxy) is 1. The molecule has 3 heterocycles. The number of carbonyl (C=O) groups excluding carboxylic acids is 1. The Kier molecular flexibility index (Phi) is 2.47. The fourth-order valence-electron chi connectivity index (χ4n) is 2.84. The van der Waals surface area contributed by atoms with E-state index in [1.54, 1.807) is 4.90 Å². The molecule has 3 rings (SSSR count). The lowest BCUT2D eigenvalue weighted by molar-refractivity contribution is -0.146. The van der Waals surface area contributed by atoms with Gasteiger partial charge in [-0.05, 0) is 19.3 Å². The van der Waals surface area contributed by atoms with E-state index in [0.717, 1.165) is 19.3 Å². The topological polar surface area (TPSA) is 78.9 Å². The first-order valence-electron chi connectivity index (χ1n) is 6.07. The van der Waals surface area contributed by atoms with Crippen molar-refractivity contribution in [3.63, 3.8) is 0 Å². The van der Waals surface area contributed by atoms with Crippen molar-refractivity contribution in [3.8, 4) is 0 Å². The number of likely N-dealkylation sites (tertiary alicyclic amines) is 1. The summed E-state index contributed by atoms with van der Waals surface area (Å²) in [6.07, 6.45) is 3.50. The molecule has 0 aliphatic carbocycles. The number of hydrogen-bond acceptors (Lipinski definition) is 3. The summed E-state index contributed by atoms with van der Waals surface area (Å²) in [5.41, 5.74) is 0. The summed E-state index contributed by atoms with van der Waals surface area (Å²) < 4.78 is 5.65. The van der Waals surface area contributed by atoms with Crippen LogP contribution in [0.5, 0.6) is 0 Å². The van der Waals surface area contributed by atoms with E-state index in [2.05, 4.69) is 5.32 Å². The van der Waals surface area contributed by atoms with E-state index in [4.69, 9.17) is 9.84 Å². The second-order valence-electron chi connectivity index (χ2n) is 5.11. The number of rotatable bonds is 2. The number of nitrogens with one attached hydrogen (secondary N) is 1. The first-order chi connectivity index (χ1) is 8.13. The normalized spacial score (nSPS) is 35.8. The Bertz CT molecular complexity index is 353. The molecule has 0 radical (unpaired) electrons. The van der Waals surface area contributed by atoms with Gasteiger partial charge in [0.25, 0.3) is 0 Å². The molecule has 3 saturated heterocycles. The Balaban J connectivity index is 1.47. The fourth-order valence-corrected chi connectivity index (χ4v) is 2.84. The van der Waals surface area contributed by atoms with E-state index < -0.39 is 11.9 Å². The third-order valence-corrected chi connectivity index (χ3v) is 3.93. The summed E-state index contributed by atoms with van der Waals surface area (Å²) in [6, 6.07) is -0.0335. The van der Waals surface area contributed by atoms with E-state index >= 15 is 0 Å². The molecule has 2 bridgehead atoms. The summed E-state index contributed by atoms with van der Waals surface area (Å²) in [6.45, 7) is 0.645. The highest BCUT2D eigenvalue weighted by atomic mass is 16.5. The van der Waals surface area contributed by atoms with Crippen LogP contribution in [0.15, 0.2) is 0 Å². The summed E-state index contributed by atoms with van der Waals surface area (Å²) in [7, 11) is 0. The molecule has 2 amide bonds. The molecule has 3 aliphatic rings. The van der Waals surface area contributed by atoms with Gasteiger partial charge in [-0.1, -0.05) is 0 Å². The van der Waals surface area contributed by atoms with Crippen molar-refractivity contribution >= 4 is 12.0 Å². The van der Waals surface area contributed by atoms with Crippen molar-refractivity contribution in [3.05, 3.63) is 0 Å². The van der Waals surface area contributed by atoms with E-state index in [1.165, 1.54) is 0 Å². The van der Waals surface area contributed by atoms with Crippen molar-refractivity contribution in [2.75, 3.05) is 13.1 Å². The van der Waals surface area contributed by atoms with E-state index in [-0.39, 0.29) is 18.2 Å². The Labute approximate surface area is 98.9 Å². The minimum Gasteiger partial charge on any atom is -0.481 e. The van der Waals surface area contributed by atoms with Crippen LogP contribution in [0.25, 0.3) is 0 Å². The summed E-state index contributed by atoms with van der Waals surface area (Å²) in [5, 5.41) is 11.7. The van der Waals surface area contributed by atoms with Crippen LogP contribution < -0.4 is 5.32 Å². The van der Waals surface area contributed by atoms with Crippen molar-refractivity contribution < 1.29 is 19.4 Å². The average Bonchev–Trinajstić information content (AvgIpc) is 2.75. The molecular weight excluding hydrogens is 224 g/mol. The van der Waals surface area contributed by atoms with E-state index in [1.807, 2.05) is 0 Å². The van der Waals surface area contributed by atoms with Gasteiger partial charge in [0.05, 0.1) is 24.2 Å². The fraction of sp³-hybridized carbons (Fsp3) is 0.818. The van der Waals surface area contributed by atoms with Crippen LogP contribution in [-0.4, -0.2) is 53.3 Å². The molecule has 3 fully saturated rings. The van der Waals surface area contributed by atoms with Crippen LogP contribution in [-0.2, 0) is 9.53 Å². The first kappa shape index (κ1) is 10.8. The smallest absolute Gasteiger partial charge is 0.317 e. The third-order valence-electron chi connectivity index (χ3n) is 3.93. The molecule has 3 unspecified atom stereocenters. The summed E-state index contributed by atoms with van der Waals surface area (Å²) in [4.78, 5) is 24.0. The average molecular weight is 240 g/mol. The Hall–Kier alpha value is -1.30. The molecule has 6 heteroatoms. The zero-order valence-electron chi connectivity index (χ0n) is 9.46. The van der Waals surface area contributed by atoms with Gasteiger partial charge in [0.2, 0.25) is 0 Å². The minimum absolute atomic E-state index is 0.116. The van der Waals surface area contributed by atoms with Crippen LogP contribution in [0, 0.1) is 5.92 Å². The molecule has 0 spiro atoms. The van der Waals surface area contributed by atoms with Gasteiger partial charge in [-0.25, -0.2) is 4.79 Å². The maximum atomic E-state index is 11.8. The number of hydrogen-bond donors (Lipinski definition) is 2. The van der Waals surface area contributed by atoms with Crippen LogP contribution in [0.1, 0.15) is 19.3 Å². The van der Waals surface area contributed by atoms with Crippen LogP contribution in [0.2, 0.25) is 0 Å². The molecule has 6 nitrogen and oxygen atoms in total. The lowest BCUT2D eigenvalue weighted by Crippen LogP contribution is -2.58. The van der Waals surface area contributed by atoms with Gasteiger partial charge in [-0.3, -0.25) is 4.79 Å². The van der Waals surface area contributed by atoms with Crippen LogP contribution >= 0.6 is 0 Å². The number of nitrogens with zero attached hydrogens (tertiary/aromatic N) is 1. The van der Waals surface area contributed by atoms with Crippen LogP contribution in [0.3, 0.4) is 0 Å². The van der Waals surface area contributed by atoms with Gasteiger partial charge in [0.15, 0.2) is 0 Å². The van der Waals surface area contributed by atoms with Gasteiger partial charge >= 0.3 is 12.0 Å². The molecular formula is C11H16N2O4. The van der Waals surface area contributed by atoms with Gasteiger partial charge < -0.3 is 20.1 Å². The summed E-state index contributed by atoms with van der Waals surface area (Å²) >= 11 is 0. The standard InChI is InChI=1S/C11H16N2O4/c14-10(15)6-4-13(5-6)11(16)12-8-3-7-1-2-9(8)17-7/h6-9H,1-5H2,(H,12,16)(H,14,15). The van der Waals surface area contributed by atoms with E-state index in [0.29, 0.717) is 19.2 Å². The Morgan fingerprint density at radius 1 is 1.29 bits per heavy atom. The predicted molar refractivity (Wildman–Crippen MR) is 57.5 cm³/mol. The highest BCUT2D eigenvalue weighted by molar-refractivity contribution is 5.80. The van der Waals surface area contributed by atoms with E-state index in [9.17, 15) is 9.59 Å². The lowest BCUT2D eigenvalue weighted by atomic mass is 9.95. The highest BCUT2D eigenvalue weighted by Gasteiger charge is 2.43. The second kappa shape index (κ2) is 3.87. The largest absolute Gasteiger partial charge is 0.481 e.